The van der Waals surface area contributed by atoms with Gasteiger partial charge in [0.15, 0.2) is 0 Å². The van der Waals surface area contributed by atoms with Gasteiger partial charge in [0.25, 0.3) is 0 Å². The van der Waals surface area contributed by atoms with Gasteiger partial charge in [-0.3, -0.25) is 0 Å². The summed E-state index contributed by atoms with van der Waals surface area (Å²) >= 11 is 0. The van der Waals surface area contributed by atoms with Gasteiger partial charge in [-0.1, -0.05) is 57.2 Å². The van der Waals surface area contributed by atoms with Crippen molar-refractivity contribution in [2.24, 2.45) is 0 Å². The van der Waals surface area contributed by atoms with Gasteiger partial charge < -0.3 is 9.53 Å². The van der Waals surface area contributed by atoms with Crippen molar-refractivity contribution in [2.75, 3.05) is 6.61 Å². The Hall–Kier alpha value is -1.06. The highest BCUT2D eigenvalue weighted by Crippen LogP contribution is 2.36. The molecular weight excluding hydrogens is 276 g/mol. The summed E-state index contributed by atoms with van der Waals surface area (Å²) in [5, 5.41) is 9.75. The van der Waals surface area contributed by atoms with Gasteiger partial charge in [-0.05, 0) is 36.5 Å². The Balaban J connectivity index is 2.44. The van der Waals surface area contributed by atoms with Crippen LogP contribution in [0.3, 0.4) is 0 Å². The molecule has 0 heterocycles. The molecule has 1 atom stereocenters. The second-order valence-electron chi connectivity index (χ2n) is 7.12. The molecule has 3 heteroatoms. The van der Waals surface area contributed by atoms with Gasteiger partial charge in [0, 0.05) is 12.5 Å². The van der Waals surface area contributed by atoms with Crippen LogP contribution in [0.5, 0.6) is 0 Å². The SMILES string of the molecule is CC(C)(C)[Si](C)(C)O/C=C\CCC(CO)c1ccccc1. The Kier molecular flexibility index (Phi) is 6.69. The van der Waals surface area contributed by atoms with Crippen LogP contribution in [-0.4, -0.2) is 20.0 Å². The first-order valence-electron chi connectivity index (χ1n) is 7.76. The molecule has 0 aliphatic rings. The summed E-state index contributed by atoms with van der Waals surface area (Å²) in [7, 11) is -1.69. The first-order chi connectivity index (χ1) is 9.78. The minimum absolute atomic E-state index is 0.195. The normalized spacial score (nSPS) is 14.4. The maximum Gasteiger partial charge on any atom is 0.249 e. The average Bonchev–Trinajstić information content (AvgIpc) is 2.42. The van der Waals surface area contributed by atoms with Gasteiger partial charge in [-0.25, -0.2) is 0 Å². The lowest BCUT2D eigenvalue weighted by atomic mass is 9.95. The number of benzene rings is 1. The molecule has 0 amide bonds. The third kappa shape index (κ3) is 5.68. The van der Waals surface area contributed by atoms with Crippen molar-refractivity contribution >= 4 is 8.32 Å². The molecule has 1 aromatic rings. The van der Waals surface area contributed by atoms with E-state index in [2.05, 4.69) is 52.1 Å². The fourth-order valence-electron chi connectivity index (χ4n) is 1.85. The van der Waals surface area contributed by atoms with Crippen LogP contribution in [0, 0.1) is 0 Å². The highest BCUT2D eigenvalue weighted by molar-refractivity contribution is 6.74. The van der Waals surface area contributed by atoms with E-state index in [-0.39, 0.29) is 17.6 Å². The molecule has 0 radical (unpaired) electrons. The number of rotatable bonds is 7. The predicted octanol–water partition coefficient (Wildman–Crippen LogP) is 5.08. The van der Waals surface area contributed by atoms with Crippen molar-refractivity contribution in [2.45, 2.75) is 57.7 Å². The Labute approximate surface area is 131 Å². The first kappa shape index (κ1) is 18.0. The molecule has 0 bridgehead atoms. The van der Waals surface area contributed by atoms with Crippen LogP contribution in [0.2, 0.25) is 18.1 Å². The van der Waals surface area contributed by atoms with Crippen molar-refractivity contribution in [3.63, 3.8) is 0 Å². The summed E-state index contributed by atoms with van der Waals surface area (Å²) in [5.41, 5.74) is 1.21. The molecule has 0 aromatic heterocycles. The molecule has 1 rings (SSSR count). The van der Waals surface area contributed by atoms with E-state index in [4.69, 9.17) is 4.43 Å². The minimum atomic E-state index is -1.69. The monoisotopic (exact) mass is 306 g/mol. The van der Waals surface area contributed by atoms with Crippen LogP contribution in [0.25, 0.3) is 0 Å². The van der Waals surface area contributed by atoms with Gasteiger partial charge in [0.2, 0.25) is 8.32 Å². The number of aliphatic hydroxyl groups excluding tert-OH is 1. The van der Waals surface area contributed by atoms with Gasteiger partial charge >= 0.3 is 0 Å². The lowest BCUT2D eigenvalue weighted by molar-refractivity contribution is 0.259. The van der Waals surface area contributed by atoms with Crippen LogP contribution in [-0.2, 0) is 4.43 Å². The average molecular weight is 307 g/mol. The quantitative estimate of drug-likeness (QED) is 0.562. The molecule has 2 nitrogen and oxygen atoms in total. The summed E-state index contributed by atoms with van der Waals surface area (Å²) in [4.78, 5) is 0. The minimum Gasteiger partial charge on any atom is -0.549 e. The molecule has 0 aliphatic carbocycles. The Bertz CT molecular complexity index is 432. The summed E-state index contributed by atoms with van der Waals surface area (Å²) in [5.74, 6) is 0.212. The van der Waals surface area contributed by atoms with Crippen molar-refractivity contribution in [1.82, 2.24) is 0 Å². The molecular formula is C18H30O2Si. The van der Waals surface area contributed by atoms with Gasteiger partial charge in [0.05, 0.1) is 6.26 Å². The van der Waals surface area contributed by atoms with E-state index in [9.17, 15) is 5.11 Å². The fraction of sp³-hybridized carbons (Fsp3) is 0.556. The zero-order valence-electron chi connectivity index (χ0n) is 14.1. The molecule has 0 spiro atoms. The highest BCUT2D eigenvalue weighted by Gasteiger charge is 2.37. The Morgan fingerprint density at radius 3 is 2.33 bits per heavy atom. The molecule has 0 fully saturated rings. The van der Waals surface area contributed by atoms with Crippen molar-refractivity contribution in [1.29, 1.82) is 0 Å². The highest BCUT2D eigenvalue weighted by atomic mass is 28.4. The zero-order valence-corrected chi connectivity index (χ0v) is 15.1. The van der Waals surface area contributed by atoms with E-state index >= 15 is 0 Å². The third-order valence-corrected chi connectivity index (χ3v) is 8.78. The summed E-state index contributed by atoms with van der Waals surface area (Å²) in [6, 6.07) is 10.2. The van der Waals surface area contributed by atoms with Crippen molar-refractivity contribution < 1.29 is 9.53 Å². The van der Waals surface area contributed by atoms with Gasteiger partial charge in [-0.2, -0.15) is 0 Å². The molecule has 0 saturated carbocycles. The standard InChI is InChI=1S/C18H30O2Si/c1-18(2,3)21(4,5)20-14-10-9-13-17(15-19)16-11-7-6-8-12-16/h6-8,10-12,14,17,19H,9,13,15H2,1-5H3/b14-10-. The Morgan fingerprint density at radius 2 is 1.81 bits per heavy atom. The number of hydrogen-bond acceptors (Lipinski definition) is 2. The molecule has 1 N–H and O–H groups in total. The molecule has 0 saturated heterocycles. The number of allylic oxidation sites excluding steroid dienone is 1. The van der Waals surface area contributed by atoms with E-state index in [1.807, 2.05) is 24.5 Å². The first-order valence-corrected chi connectivity index (χ1v) is 10.7. The van der Waals surface area contributed by atoms with E-state index in [1.165, 1.54) is 5.56 Å². The molecule has 0 aliphatic heterocycles. The predicted molar refractivity (Wildman–Crippen MR) is 92.9 cm³/mol. The van der Waals surface area contributed by atoms with Crippen LogP contribution in [0.15, 0.2) is 42.7 Å². The summed E-state index contributed by atoms with van der Waals surface area (Å²) in [6.07, 6.45) is 5.83. The van der Waals surface area contributed by atoms with Crippen molar-refractivity contribution in [3.8, 4) is 0 Å². The largest absolute Gasteiger partial charge is 0.549 e. The van der Waals surface area contributed by atoms with Crippen molar-refractivity contribution in [3.05, 3.63) is 48.2 Å². The van der Waals surface area contributed by atoms with E-state index in [1.54, 1.807) is 0 Å². The van der Waals surface area contributed by atoms with Gasteiger partial charge in [-0.15, -0.1) is 0 Å². The smallest absolute Gasteiger partial charge is 0.249 e. The molecule has 21 heavy (non-hydrogen) atoms. The zero-order chi connectivity index (χ0) is 15.9. The molecule has 118 valence electrons. The lowest BCUT2D eigenvalue weighted by Gasteiger charge is -2.35. The fourth-order valence-corrected chi connectivity index (χ4v) is 2.64. The number of aliphatic hydroxyl groups is 1. The van der Waals surface area contributed by atoms with Crippen LogP contribution >= 0.6 is 0 Å². The summed E-state index contributed by atoms with van der Waals surface area (Å²) in [6.45, 7) is 11.4. The van der Waals surface area contributed by atoms with Crippen LogP contribution in [0.1, 0.15) is 45.1 Å². The van der Waals surface area contributed by atoms with Crippen LogP contribution < -0.4 is 0 Å². The van der Waals surface area contributed by atoms with E-state index in [0.717, 1.165) is 12.8 Å². The topological polar surface area (TPSA) is 29.5 Å². The Morgan fingerprint density at radius 1 is 1.19 bits per heavy atom. The van der Waals surface area contributed by atoms with E-state index in [0.29, 0.717) is 0 Å². The van der Waals surface area contributed by atoms with Crippen LogP contribution in [0.4, 0.5) is 0 Å². The number of hydrogen-bond donors (Lipinski definition) is 1. The molecule has 1 unspecified atom stereocenters. The molecule has 1 aromatic carbocycles. The maximum absolute atomic E-state index is 9.52. The maximum atomic E-state index is 9.52. The van der Waals surface area contributed by atoms with E-state index < -0.39 is 8.32 Å². The third-order valence-electron chi connectivity index (χ3n) is 4.44. The summed E-state index contributed by atoms with van der Waals surface area (Å²) < 4.78 is 6.01. The second-order valence-corrected chi connectivity index (χ2v) is 11.9. The second kappa shape index (κ2) is 7.81. The van der Waals surface area contributed by atoms with Gasteiger partial charge in [0.1, 0.15) is 0 Å². The lowest BCUT2D eigenvalue weighted by Crippen LogP contribution is -2.39.